The Bertz CT molecular complexity index is 949. The molecular formula is C24H28N4OS. The Morgan fingerprint density at radius 2 is 1.73 bits per heavy atom. The minimum Gasteiger partial charge on any atom is -0.369 e. The van der Waals surface area contributed by atoms with Crippen LogP contribution in [0.2, 0.25) is 0 Å². The summed E-state index contributed by atoms with van der Waals surface area (Å²) in [6.45, 7) is 8.08. The quantitative estimate of drug-likeness (QED) is 0.623. The van der Waals surface area contributed by atoms with Crippen molar-refractivity contribution in [2.45, 2.75) is 19.8 Å². The van der Waals surface area contributed by atoms with E-state index in [4.69, 9.17) is 0 Å². The first-order valence-electron chi connectivity index (χ1n) is 10.4. The smallest absolute Gasteiger partial charge is 0.232 e. The standard InChI is InChI=1S/C24H28N4OS/c1-24(2,22(29)27-23-26-14-17-30-23)21(18-6-4-3-5-7-18)19-8-10-20(11-9-19)28-15-12-25-13-16-28/h3-11,14,17,21,25H,12-13,15-16H2,1-2H3,(H,26,27,29). The summed E-state index contributed by atoms with van der Waals surface area (Å²) < 4.78 is 0. The summed E-state index contributed by atoms with van der Waals surface area (Å²) in [5.74, 6) is -0.104. The van der Waals surface area contributed by atoms with Gasteiger partial charge in [-0.25, -0.2) is 4.98 Å². The van der Waals surface area contributed by atoms with Gasteiger partial charge < -0.3 is 15.5 Å². The third-order valence-corrected chi connectivity index (χ3v) is 6.49. The maximum atomic E-state index is 13.3. The van der Waals surface area contributed by atoms with Crippen LogP contribution in [0.3, 0.4) is 0 Å². The lowest BCUT2D eigenvalue weighted by atomic mass is 9.70. The predicted molar refractivity (Wildman–Crippen MR) is 124 cm³/mol. The van der Waals surface area contributed by atoms with Crippen LogP contribution in [0.5, 0.6) is 0 Å². The number of anilines is 2. The summed E-state index contributed by atoms with van der Waals surface area (Å²) in [6, 6.07) is 19.0. The molecule has 5 nitrogen and oxygen atoms in total. The number of thiazole rings is 1. The highest BCUT2D eigenvalue weighted by Gasteiger charge is 2.39. The molecule has 2 N–H and O–H groups in total. The topological polar surface area (TPSA) is 57.3 Å². The Morgan fingerprint density at radius 3 is 2.37 bits per heavy atom. The Balaban J connectivity index is 1.65. The summed E-state index contributed by atoms with van der Waals surface area (Å²) in [4.78, 5) is 19.9. The summed E-state index contributed by atoms with van der Waals surface area (Å²) in [5.41, 5.74) is 2.84. The number of nitrogens with zero attached hydrogens (tertiary/aromatic N) is 2. The molecule has 0 aliphatic carbocycles. The van der Waals surface area contributed by atoms with E-state index in [1.165, 1.54) is 17.0 Å². The Kier molecular flexibility index (Phi) is 6.16. The van der Waals surface area contributed by atoms with Crippen molar-refractivity contribution in [1.82, 2.24) is 10.3 Å². The molecular weight excluding hydrogens is 392 g/mol. The molecule has 0 bridgehead atoms. The predicted octanol–water partition coefficient (Wildman–Crippen LogP) is 4.35. The first kappa shape index (κ1) is 20.6. The van der Waals surface area contributed by atoms with E-state index >= 15 is 0 Å². The molecule has 1 atom stereocenters. The molecule has 2 aromatic carbocycles. The molecule has 30 heavy (non-hydrogen) atoms. The highest BCUT2D eigenvalue weighted by Crippen LogP contribution is 2.42. The molecule has 1 fully saturated rings. The minimum absolute atomic E-state index is 0.0301. The lowest BCUT2D eigenvalue weighted by Gasteiger charge is -2.34. The van der Waals surface area contributed by atoms with Gasteiger partial charge in [-0.15, -0.1) is 11.3 Å². The van der Waals surface area contributed by atoms with E-state index in [0.29, 0.717) is 5.13 Å². The number of carbonyl (C=O) groups excluding carboxylic acids is 1. The number of aromatic nitrogens is 1. The first-order valence-corrected chi connectivity index (χ1v) is 11.2. The third kappa shape index (κ3) is 4.40. The second-order valence-corrected chi connectivity index (χ2v) is 9.08. The van der Waals surface area contributed by atoms with Crippen LogP contribution >= 0.6 is 11.3 Å². The zero-order valence-electron chi connectivity index (χ0n) is 17.5. The molecule has 1 aliphatic heterocycles. The van der Waals surface area contributed by atoms with E-state index in [0.717, 1.165) is 37.3 Å². The minimum atomic E-state index is -0.663. The monoisotopic (exact) mass is 420 g/mol. The second kappa shape index (κ2) is 8.98. The van der Waals surface area contributed by atoms with Gasteiger partial charge in [0, 0.05) is 49.4 Å². The molecule has 6 heteroatoms. The number of piperazine rings is 1. The Hall–Kier alpha value is -2.70. The van der Waals surface area contributed by atoms with Crippen molar-refractivity contribution in [1.29, 1.82) is 0 Å². The summed E-state index contributed by atoms with van der Waals surface area (Å²) in [6.07, 6.45) is 1.71. The zero-order chi connectivity index (χ0) is 21.0. The van der Waals surface area contributed by atoms with E-state index in [1.807, 2.05) is 37.4 Å². The average Bonchev–Trinajstić information content (AvgIpc) is 3.29. The van der Waals surface area contributed by atoms with Crippen molar-refractivity contribution in [2.24, 2.45) is 5.41 Å². The van der Waals surface area contributed by atoms with Gasteiger partial charge >= 0.3 is 0 Å². The van der Waals surface area contributed by atoms with Crippen molar-refractivity contribution in [3.8, 4) is 0 Å². The van der Waals surface area contributed by atoms with Crippen LogP contribution in [0.25, 0.3) is 0 Å². The van der Waals surface area contributed by atoms with Gasteiger partial charge in [0.1, 0.15) is 0 Å². The van der Waals surface area contributed by atoms with Gasteiger partial charge in [0.05, 0.1) is 5.41 Å². The van der Waals surface area contributed by atoms with Crippen molar-refractivity contribution < 1.29 is 4.79 Å². The Labute approximate surface area is 182 Å². The van der Waals surface area contributed by atoms with Gasteiger partial charge in [-0.1, -0.05) is 56.3 Å². The number of hydrogen-bond acceptors (Lipinski definition) is 5. The number of hydrogen-bond donors (Lipinski definition) is 2. The third-order valence-electron chi connectivity index (χ3n) is 5.80. The van der Waals surface area contributed by atoms with Crippen LogP contribution in [0.1, 0.15) is 30.9 Å². The van der Waals surface area contributed by atoms with Gasteiger partial charge in [-0.3, -0.25) is 4.79 Å². The molecule has 0 spiro atoms. The van der Waals surface area contributed by atoms with E-state index in [1.54, 1.807) is 6.20 Å². The fourth-order valence-corrected chi connectivity index (χ4v) is 4.67. The highest BCUT2D eigenvalue weighted by atomic mass is 32.1. The number of carbonyl (C=O) groups is 1. The summed E-state index contributed by atoms with van der Waals surface area (Å²) in [5, 5.41) is 8.89. The Morgan fingerprint density at radius 1 is 1.07 bits per heavy atom. The molecule has 4 rings (SSSR count). The molecule has 0 radical (unpaired) electrons. The first-order chi connectivity index (χ1) is 14.6. The van der Waals surface area contributed by atoms with Crippen LogP contribution in [-0.2, 0) is 4.79 Å². The fourth-order valence-electron chi connectivity index (χ4n) is 4.15. The van der Waals surface area contributed by atoms with Gasteiger partial charge in [0.15, 0.2) is 5.13 Å². The lowest BCUT2D eigenvalue weighted by Crippen LogP contribution is -2.43. The van der Waals surface area contributed by atoms with Crippen LogP contribution in [0.4, 0.5) is 10.8 Å². The van der Waals surface area contributed by atoms with Crippen LogP contribution in [-0.4, -0.2) is 37.1 Å². The van der Waals surface area contributed by atoms with E-state index in [2.05, 4.69) is 56.9 Å². The molecule has 1 aromatic heterocycles. The number of benzene rings is 2. The molecule has 3 aromatic rings. The van der Waals surface area contributed by atoms with Crippen molar-refractivity contribution in [3.63, 3.8) is 0 Å². The van der Waals surface area contributed by atoms with Crippen LogP contribution in [0.15, 0.2) is 66.2 Å². The molecule has 0 saturated carbocycles. The average molecular weight is 421 g/mol. The van der Waals surface area contributed by atoms with E-state index in [9.17, 15) is 4.79 Å². The number of nitrogens with one attached hydrogen (secondary N) is 2. The van der Waals surface area contributed by atoms with Crippen molar-refractivity contribution in [3.05, 3.63) is 77.3 Å². The van der Waals surface area contributed by atoms with Crippen molar-refractivity contribution >= 4 is 28.1 Å². The highest BCUT2D eigenvalue weighted by molar-refractivity contribution is 7.13. The van der Waals surface area contributed by atoms with Crippen LogP contribution < -0.4 is 15.5 Å². The van der Waals surface area contributed by atoms with Gasteiger partial charge in [-0.2, -0.15) is 0 Å². The summed E-state index contributed by atoms with van der Waals surface area (Å²) >= 11 is 1.43. The molecule has 1 saturated heterocycles. The summed E-state index contributed by atoms with van der Waals surface area (Å²) in [7, 11) is 0. The van der Waals surface area contributed by atoms with Gasteiger partial charge in [0.25, 0.3) is 0 Å². The SMILES string of the molecule is CC(C)(C(=O)Nc1nccs1)C(c1ccccc1)c1ccc(N2CCNCC2)cc1. The zero-order valence-corrected chi connectivity index (χ0v) is 18.3. The van der Waals surface area contributed by atoms with Gasteiger partial charge in [0.2, 0.25) is 5.91 Å². The molecule has 1 aliphatic rings. The molecule has 2 heterocycles. The maximum Gasteiger partial charge on any atom is 0.232 e. The lowest BCUT2D eigenvalue weighted by molar-refractivity contribution is -0.124. The molecule has 1 unspecified atom stereocenters. The largest absolute Gasteiger partial charge is 0.369 e. The van der Waals surface area contributed by atoms with E-state index in [-0.39, 0.29) is 11.8 Å². The van der Waals surface area contributed by atoms with Crippen LogP contribution in [0, 0.1) is 5.41 Å². The number of amides is 1. The number of rotatable bonds is 6. The molecule has 156 valence electrons. The fraction of sp³-hybridized carbons (Fsp3) is 0.333. The van der Waals surface area contributed by atoms with E-state index < -0.39 is 5.41 Å². The normalized spacial score (nSPS) is 15.6. The van der Waals surface area contributed by atoms with Gasteiger partial charge in [-0.05, 0) is 23.3 Å². The maximum absolute atomic E-state index is 13.3. The van der Waals surface area contributed by atoms with Crippen molar-refractivity contribution in [2.75, 3.05) is 36.4 Å². The molecule has 1 amide bonds. The second-order valence-electron chi connectivity index (χ2n) is 8.19.